The van der Waals surface area contributed by atoms with Crippen LogP contribution >= 0.6 is 15.9 Å². The summed E-state index contributed by atoms with van der Waals surface area (Å²) in [4.78, 5) is 17.1. The lowest BCUT2D eigenvalue weighted by molar-refractivity contribution is 0.0602. The fraction of sp³-hybridized carbons (Fsp3) is 0.143. The van der Waals surface area contributed by atoms with E-state index in [0.29, 0.717) is 16.7 Å². The molecule has 5 nitrogen and oxygen atoms in total. The van der Waals surface area contributed by atoms with Crippen molar-refractivity contribution in [1.29, 1.82) is 0 Å². The zero-order valence-corrected chi connectivity index (χ0v) is 16.5. The summed E-state index contributed by atoms with van der Waals surface area (Å²) in [6, 6.07) is 17.6. The minimum absolute atomic E-state index is 0.396. The fourth-order valence-corrected chi connectivity index (χ4v) is 3.75. The Labute approximate surface area is 164 Å². The Hall–Kier alpha value is -2.86. The molecule has 4 aromatic rings. The van der Waals surface area contributed by atoms with Gasteiger partial charge in [0.15, 0.2) is 0 Å². The average molecular weight is 425 g/mol. The predicted octanol–water partition coefficient (Wildman–Crippen LogP) is 4.80. The van der Waals surface area contributed by atoms with E-state index in [1.165, 1.54) is 7.11 Å². The van der Waals surface area contributed by atoms with E-state index in [-0.39, 0.29) is 0 Å². The van der Waals surface area contributed by atoms with Gasteiger partial charge in [-0.15, -0.1) is 0 Å². The molecule has 6 heteroatoms. The molecule has 0 N–H and O–H groups in total. The van der Waals surface area contributed by atoms with Gasteiger partial charge in [-0.3, -0.25) is 0 Å². The summed E-state index contributed by atoms with van der Waals surface area (Å²) < 4.78 is 13.1. The molecule has 0 saturated heterocycles. The largest absolute Gasteiger partial charge is 0.497 e. The van der Waals surface area contributed by atoms with Crippen molar-refractivity contribution < 1.29 is 14.3 Å². The summed E-state index contributed by atoms with van der Waals surface area (Å²) in [7, 11) is 3.02. The Kier molecular flexibility index (Phi) is 4.58. The van der Waals surface area contributed by atoms with Crippen molar-refractivity contribution in [2.75, 3.05) is 14.2 Å². The van der Waals surface area contributed by atoms with Crippen molar-refractivity contribution in [3.63, 3.8) is 0 Å². The number of carbonyl (C=O) groups excluding carboxylic acids is 1. The van der Waals surface area contributed by atoms with Crippen molar-refractivity contribution in [3.05, 3.63) is 70.3 Å². The molecule has 0 fully saturated rings. The van der Waals surface area contributed by atoms with E-state index >= 15 is 0 Å². The summed E-state index contributed by atoms with van der Waals surface area (Å²) >= 11 is 3.42. The van der Waals surface area contributed by atoms with E-state index in [4.69, 9.17) is 9.47 Å². The summed E-state index contributed by atoms with van der Waals surface area (Å²) in [5.41, 5.74) is 4.04. The van der Waals surface area contributed by atoms with Crippen molar-refractivity contribution in [3.8, 4) is 5.75 Å². The van der Waals surface area contributed by atoms with Gasteiger partial charge in [-0.2, -0.15) is 0 Å². The van der Waals surface area contributed by atoms with Gasteiger partial charge in [0.2, 0.25) is 0 Å². The molecule has 0 bridgehead atoms. The van der Waals surface area contributed by atoms with Crippen LogP contribution in [0.2, 0.25) is 0 Å². The second kappa shape index (κ2) is 7.04. The zero-order chi connectivity index (χ0) is 19.0. The minimum Gasteiger partial charge on any atom is -0.497 e. The van der Waals surface area contributed by atoms with Crippen LogP contribution in [0.1, 0.15) is 15.9 Å². The highest BCUT2D eigenvalue weighted by molar-refractivity contribution is 9.10. The van der Waals surface area contributed by atoms with Gasteiger partial charge in [-0.1, -0.05) is 30.3 Å². The number of nitrogens with zero attached hydrogens (tertiary/aromatic N) is 2. The van der Waals surface area contributed by atoms with E-state index in [1.54, 1.807) is 13.2 Å². The number of esters is 1. The molecule has 0 unspecified atom stereocenters. The smallest absolute Gasteiger partial charge is 0.340 e. The third kappa shape index (κ3) is 3.06. The summed E-state index contributed by atoms with van der Waals surface area (Å²) in [6.07, 6.45) is 0. The number of rotatable bonds is 4. The molecule has 0 aliphatic carbocycles. The topological polar surface area (TPSA) is 53.4 Å². The lowest BCUT2D eigenvalue weighted by Crippen LogP contribution is -2.07. The lowest BCUT2D eigenvalue weighted by Gasteiger charge is -2.11. The molecule has 0 saturated carbocycles. The standard InChI is InChI=1S/C21H17BrN2O3/c1-26-14-8-9-15-17(10-14)24(12-13-6-4-3-5-7-13)20-16(21(25)27-2)11-18(22)23-19(15)20/h3-11H,12H2,1-2H3. The van der Waals surface area contributed by atoms with Crippen LogP contribution in [0.4, 0.5) is 0 Å². The van der Waals surface area contributed by atoms with E-state index in [0.717, 1.165) is 33.2 Å². The van der Waals surface area contributed by atoms with Gasteiger partial charge in [0, 0.05) is 18.0 Å². The predicted molar refractivity (Wildman–Crippen MR) is 108 cm³/mol. The first-order chi connectivity index (χ1) is 13.1. The Balaban J connectivity index is 2.10. The molecule has 0 radical (unpaired) electrons. The zero-order valence-electron chi connectivity index (χ0n) is 14.9. The molecule has 0 amide bonds. The molecular weight excluding hydrogens is 408 g/mol. The number of hydrogen-bond acceptors (Lipinski definition) is 4. The SMILES string of the molecule is COC(=O)c1cc(Br)nc2c3ccc(OC)cc3n(Cc3ccccc3)c12. The first kappa shape index (κ1) is 17.5. The van der Waals surface area contributed by atoms with Gasteiger partial charge in [0.1, 0.15) is 10.4 Å². The molecular formula is C21H17BrN2O3. The Morgan fingerprint density at radius 3 is 2.59 bits per heavy atom. The maximum Gasteiger partial charge on any atom is 0.340 e. The maximum absolute atomic E-state index is 12.5. The Morgan fingerprint density at radius 2 is 1.89 bits per heavy atom. The number of fused-ring (bicyclic) bond motifs is 3. The first-order valence-corrected chi connectivity index (χ1v) is 9.20. The number of carbonyl (C=O) groups is 1. The number of methoxy groups -OCH3 is 2. The van der Waals surface area contributed by atoms with E-state index < -0.39 is 5.97 Å². The molecule has 136 valence electrons. The van der Waals surface area contributed by atoms with Crippen molar-refractivity contribution in [2.24, 2.45) is 0 Å². The van der Waals surface area contributed by atoms with Gasteiger partial charge in [0.05, 0.1) is 36.3 Å². The van der Waals surface area contributed by atoms with Gasteiger partial charge in [0.25, 0.3) is 0 Å². The number of halogens is 1. The van der Waals surface area contributed by atoms with Crippen LogP contribution in [-0.2, 0) is 11.3 Å². The van der Waals surface area contributed by atoms with Crippen LogP contribution in [0.15, 0.2) is 59.2 Å². The molecule has 4 rings (SSSR count). The van der Waals surface area contributed by atoms with Gasteiger partial charge in [-0.05, 0) is 39.7 Å². The minimum atomic E-state index is -0.396. The Morgan fingerprint density at radius 1 is 1.11 bits per heavy atom. The van der Waals surface area contributed by atoms with Gasteiger partial charge < -0.3 is 14.0 Å². The van der Waals surface area contributed by atoms with E-state index in [2.05, 4.69) is 37.6 Å². The number of ether oxygens (including phenoxy) is 2. The highest BCUT2D eigenvalue weighted by Crippen LogP contribution is 2.34. The average Bonchev–Trinajstić information content (AvgIpc) is 3.00. The third-order valence-electron chi connectivity index (χ3n) is 4.57. The molecule has 27 heavy (non-hydrogen) atoms. The van der Waals surface area contributed by atoms with Crippen LogP contribution in [0.25, 0.3) is 21.9 Å². The lowest BCUT2D eigenvalue weighted by atomic mass is 10.2. The summed E-state index contributed by atoms with van der Waals surface area (Å²) in [6.45, 7) is 0.599. The highest BCUT2D eigenvalue weighted by atomic mass is 79.9. The van der Waals surface area contributed by atoms with Gasteiger partial charge >= 0.3 is 5.97 Å². The molecule has 0 aliphatic heterocycles. The van der Waals surface area contributed by atoms with E-state index in [9.17, 15) is 4.79 Å². The fourth-order valence-electron chi connectivity index (χ4n) is 3.35. The maximum atomic E-state index is 12.5. The molecule has 2 heterocycles. The van der Waals surface area contributed by atoms with Crippen LogP contribution in [0.5, 0.6) is 5.75 Å². The number of aromatic nitrogens is 2. The van der Waals surface area contributed by atoms with Crippen LogP contribution in [-0.4, -0.2) is 29.7 Å². The number of hydrogen-bond donors (Lipinski definition) is 0. The Bertz CT molecular complexity index is 1150. The van der Waals surface area contributed by atoms with Gasteiger partial charge in [-0.25, -0.2) is 9.78 Å². The number of benzene rings is 2. The second-order valence-electron chi connectivity index (χ2n) is 6.14. The van der Waals surface area contributed by atoms with Crippen LogP contribution in [0.3, 0.4) is 0 Å². The highest BCUT2D eigenvalue weighted by Gasteiger charge is 2.21. The van der Waals surface area contributed by atoms with Crippen molar-refractivity contribution in [1.82, 2.24) is 9.55 Å². The molecule has 0 spiro atoms. The quantitative estimate of drug-likeness (QED) is 0.348. The van der Waals surface area contributed by atoms with Crippen molar-refractivity contribution >= 4 is 43.8 Å². The first-order valence-electron chi connectivity index (χ1n) is 8.41. The van der Waals surface area contributed by atoms with Crippen molar-refractivity contribution in [2.45, 2.75) is 6.54 Å². The molecule has 2 aromatic carbocycles. The third-order valence-corrected chi connectivity index (χ3v) is 4.98. The van der Waals surface area contributed by atoms with Crippen LogP contribution in [0, 0.1) is 0 Å². The second-order valence-corrected chi connectivity index (χ2v) is 6.95. The molecule has 0 atom stereocenters. The monoisotopic (exact) mass is 424 g/mol. The van der Waals surface area contributed by atoms with E-state index in [1.807, 2.05) is 36.4 Å². The molecule has 2 aromatic heterocycles. The van der Waals surface area contributed by atoms with Crippen LogP contribution < -0.4 is 4.74 Å². The molecule has 0 aliphatic rings. The number of pyridine rings is 1. The summed E-state index contributed by atoms with van der Waals surface area (Å²) in [5.74, 6) is 0.352. The summed E-state index contributed by atoms with van der Waals surface area (Å²) in [5, 5.41) is 0.952. The normalized spacial score (nSPS) is 11.1.